The molecule has 154 valence electrons. The summed E-state index contributed by atoms with van der Waals surface area (Å²) in [5, 5.41) is 2.04. The number of piperidine rings is 1. The largest absolute Gasteiger partial charge is 0.342 e. The fourth-order valence-corrected chi connectivity index (χ4v) is 5.69. The number of hydrogen-bond donors (Lipinski definition) is 0. The number of hydrogen-bond acceptors (Lipinski definition) is 3. The molecule has 0 unspecified atom stereocenters. The molecule has 1 aromatic carbocycles. The number of carbonyl (C=O) groups excluding carboxylic acids is 2. The maximum atomic E-state index is 13.9. The predicted molar refractivity (Wildman–Crippen MR) is 117 cm³/mol. The minimum absolute atomic E-state index is 0.0452. The molecule has 0 bridgehead atoms. The highest BCUT2D eigenvalue weighted by Gasteiger charge is 2.46. The number of likely N-dealkylation sites (tertiary alicyclic amines) is 1. The Balaban J connectivity index is 1.82. The van der Waals surface area contributed by atoms with Crippen LogP contribution in [-0.2, 0) is 4.79 Å². The molecule has 0 N–H and O–H groups in total. The second-order valence-corrected chi connectivity index (χ2v) is 9.89. The van der Waals surface area contributed by atoms with E-state index in [-0.39, 0.29) is 23.8 Å². The van der Waals surface area contributed by atoms with Crippen LogP contribution in [0, 0.1) is 11.8 Å². The first-order valence-electron chi connectivity index (χ1n) is 10.7. The minimum Gasteiger partial charge on any atom is -0.342 e. The van der Waals surface area contributed by atoms with Crippen LogP contribution in [0.1, 0.15) is 66.4 Å². The topological polar surface area (TPSA) is 40.6 Å². The van der Waals surface area contributed by atoms with Crippen LogP contribution in [0.15, 0.2) is 41.8 Å². The number of rotatable bonds is 4. The summed E-state index contributed by atoms with van der Waals surface area (Å²) in [6, 6.07) is 11.6. The lowest BCUT2D eigenvalue weighted by Gasteiger charge is -2.44. The first-order valence-corrected chi connectivity index (χ1v) is 11.6. The number of thiophene rings is 1. The van der Waals surface area contributed by atoms with Crippen molar-refractivity contribution in [2.45, 2.75) is 45.6 Å². The molecular weight excluding hydrogens is 380 g/mol. The van der Waals surface area contributed by atoms with E-state index in [1.807, 2.05) is 45.5 Å². The van der Waals surface area contributed by atoms with Crippen molar-refractivity contribution < 1.29 is 9.59 Å². The Morgan fingerprint density at radius 1 is 1.21 bits per heavy atom. The quantitative estimate of drug-likeness (QED) is 0.716. The van der Waals surface area contributed by atoms with Crippen LogP contribution in [0.3, 0.4) is 0 Å². The normalized spacial score (nSPS) is 24.7. The highest BCUT2D eigenvalue weighted by atomic mass is 32.1. The third-order valence-electron chi connectivity index (χ3n) is 6.07. The molecule has 2 aromatic rings. The van der Waals surface area contributed by atoms with Gasteiger partial charge in [0.2, 0.25) is 5.91 Å². The number of fused-ring (bicyclic) bond motifs is 1. The van der Waals surface area contributed by atoms with Gasteiger partial charge in [0, 0.05) is 30.1 Å². The monoisotopic (exact) mass is 410 g/mol. The van der Waals surface area contributed by atoms with Gasteiger partial charge in [0.15, 0.2) is 0 Å². The zero-order chi connectivity index (χ0) is 20.5. The molecule has 2 aliphatic heterocycles. The standard InChI is InChI=1S/C24H30N2O2S/c1-16(2)14-26-22(20-11-7-13-29-20)21(18-9-4-5-10-19(18)23(26)27)24(28)25-12-6-8-17(3)15-25/h4-5,7,9-11,13,16-17,21-22H,6,8,12,14-15H2,1-3H3/t17-,21-,22+/m0/s1. The van der Waals surface area contributed by atoms with Gasteiger partial charge in [-0.15, -0.1) is 11.3 Å². The van der Waals surface area contributed by atoms with Crippen LogP contribution in [0.5, 0.6) is 0 Å². The summed E-state index contributed by atoms with van der Waals surface area (Å²) in [6.07, 6.45) is 2.23. The highest BCUT2D eigenvalue weighted by Crippen LogP contribution is 2.45. The molecule has 3 heterocycles. The lowest BCUT2D eigenvalue weighted by molar-refractivity contribution is -0.136. The second kappa shape index (κ2) is 8.31. The first kappa shape index (κ1) is 20.1. The van der Waals surface area contributed by atoms with Crippen LogP contribution in [-0.4, -0.2) is 41.2 Å². The number of benzene rings is 1. The summed E-state index contributed by atoms with van der Waals surface area (Å²) in [5.41, 5.74) is 1.57. The SMILES string of the molecule is CC(C)CN1C(=O)c2ccccc2[C@H](C(=O)N2CCC[C@H](C)C2)[C@H]1c1cccs1. The van der Waals surface area contributed by atoms with Gasteiger partial charge in [0.25, 0.3) is 5.91 Å². The summed E-state index contributed by atoms with van der Waals surface area (Å²) >= 11 is 1.64. The Hall–Kier alpha value is -2.14. The third kappa shape index (κ3) is 3.85. The van der Waals surface area contributed by atoms with Gasteiger partial charge in [-0.3, -0.25) is 9.59 Å². The smallest absolute Gasteiger partial charge is 0.254 e. The Morgan fingerprint density at radius 2 is 2.00 bits per heavy atom. The minimum atomic E-state index is -0.341. The van der Waals surface area contributed by atoms with Crippen LogP contribution in [0.4, 0.5) is 0 Å². The van der Waals surface area contributed by atoms with Crippen LogP contribution >= 0.6 is 11.3 Å². The third-order valence-corrected chi connectivity index (χ3v) is 7.01. The summed E-state index contributed by atoms with van der Waals surface area (Å²) in [5.74, 6) is 0.733. The van der Waals surface area contributed by atoms with E-state index < -0.39 is 0 Å². The van der Waals surface area contributed by atoms with E-state index in [9.17, 15) is 9.59 Å². The van der Waals surface area contributed by atoms with Crippen molar-refractivity contribution in [3.63, 3.8) is 0 Å². The van der Waals surface area contributed by atoms with E-state index in [4.69, 9.17) is 0 Å². The maximum absolute atomic E-state index is 13.9. The predicted octanol–water partition coefficient (Wildman–Crippen LogP) is 4.94. The van der Waals surface area contributed by atoms with E-state index in [1.165, 1.54) is 6.42 Å². The lowest BCUT2D eigenvalue weighted by Crippen LogP contribution is -2.50. The fraction of sp³-hybridized carbons (Fsp3) is 0.500. The second-order valence-electron chi connectivity index (χ2n) is 8.91. The molecular formula is C24H30N2O2S. The number of amides is 2. The van der Waals surface area contributed by atoms with Crippen molar-refractivity contribution >= 4 is 23.2 Å². The lowest BCUT2D eigenvalue weighted by atomic mass is 9.80. The molecule has 1 saturated heterocycles. The zero-order valence-corrected chi connectivity index (χ0v) is 18.3. The van der Waals surface area contributed by atoms with Crippen molar-refractivity contribution in [1.82, 2.24) is 9.80 Å². The average molecular weight is 411 g/mol. The average Bonchev–Trinajstić information content (AvgIpc) is 3.23. The van der Waals surface area contributed by atoms with E-state index in [2.05, 4.69) is 26.8 Å². The van der Waals surface area contributed by atoms with Crippen molar-refractivity contribution in [2.24, 2.45) is 11.8 Å². The Kier molecular flexibility index (Phi) is 5.77. The summed E-state index contributed by atoms with van der Waals surface area (Å²) in [7, 11) is 0. The van der Waals surface area contributed by atoms with Crippen LogP contribution < -0.4 is 0 Å². The van der Waals surface area contributed by atoms with E-state index in [0.29, 0.717) is 23.9 Å². The fourth-order valence-electron chi connectivity index (χ4n) is 4.82. The van der Waals surface area contributed by atoms with Gasteiger partial charge in [-0.25, -0.2) is 0 Å². The van der Waals surface area contributed by atoms with Crippen molar-refractivity contribution in [1.29, 1.82) is 0 Å². The van der Waals surface area contributed by atoms with Crippen molar-refractivity contribution in [3.8, 4) is 0 Å². The first-order chi connectivity index (χ1) is 14.0. The molecule has 0 radical (unpaired) electrons. The van der Waals surface area contributed by atoms with E-state index in [1.54, 1.807) is 11.3 Å². The van der Waals surface area contributed by atoms with Crippen molar-refractivity contribution in [2.75, 3.05) is 19.6 Å². The molecule has 1 aromatic heterocycles. The van der Waals surface area contributed by atoms with Gasteiger partial charge < -0.3 is 9.80 Å². The van der Waals surface area contributed by atoms with Gasteiger partial charge in [-0.1, -0.05) is 45.0 Å². The molecule has 1 fully saturated rings. The Labute approximate surface area is 177 Å². The van der Waals surface area contributed by atoms with Crippen LogP contribution in [0.25, 0.3) is 0 Å². The Morgan fingerprint density at radius 3 is 2.69 bits per heavy atom. The highest BCUT2D eigenvalue weighted by molar-refractivity contribution is 7.10. The van der Waals surface area contributed by atoms with Gasteiger partial charge in [0.1, 0.15) is 0 Å². The van der Waals surface area contributed by atoms with Gasteiger partial charge in [-0.2, -0.15) is 0 Å². The molecule has 0 spiro atoms. The molecule has 0 aliphatic carbocycles. The van der Waals surface area contributed by atoms with Gasteiger partial charge in [0.05, 0.1) is 12.0 Å². The molecule has 2 aliphatic rings. The van der Waals surface area contributed by atoms with Gasteiger partial charge in [-0.05, 0) is 47.8 Å². The maximum Gasteiger partial charge on any atom is 0.254 e. The van der Waals surface area contributed by atoms with E-state index >= 15 is 0 Å². The summed E-state index contributed by atoms with van der Waals surface area (Å²) in [6.45, 7) is 8.75. The summed E-state index contributed by atoms with van der Waals surface area (Å²) < 4.78 is 0. The molecule has 2 amide bonds. The molecule has 29 heavy (non-hydrogen) atoms. The molecule has 4 rings (SSSR count). The molecule has 0 saturated carbocycles. The van der Waals surface area contributed by atoms with Gasteiger partial charge >= 0.3 is 0 Å². The van der Waals surface area contributed by atoms with Crippen LogP contribution in [0.2, 0.25) is 0 Å². The van der Waals surface area contributed by atoms with Crippen molar-refractivity contribution in [3.05, 3.63) is 57.8 Å². The van der Waals surface area contributed by atoms with E-state index in [0.717, 1.165) is 30.0 Å². The Bertz CT molecular complexity index is 877. The molecule has 3 atom stereocenters. The zero-order valence-electron chi connectivity index (χ0n) is 17.5. The number of nitrogens with zero attached hydrogens (tertiary/aromatic N) is 2. The molecule has 4 nitrogen and oxygen atoms in total. The molecule has 5 heteroatoms. The number of carbonyl (C=O) groups is 2. The summed E-state index contributed by atoms with van der Waals surface area (Å²) in [4.78, 5) is 32.4.